The highest BCUT2D eigenvalue weighted by Gasteiger charge is 2.40. The van der Waals surface area contributed by atoms with Crippen LogP contribution in [-0.2, 0) is 9.47 Å². The second-order valence-corrected chi connectivity index (χ2v) is 9.65. The first kappa shape index (κ1) is 24.3. The zero-order valence-corrected chi connectivity index (χ0v) is 20.6. The van der Waals surface area contributed by atoms with E-state index in [-0.39, 0.29) is 18.1 Å². The Balaban J connectivity index is 1.65. The van der Waals surface area contributed by atoms with Crippen LogP contribution in [0, 0.1) is 0 Å². The van der Waals surface area contributed by atoms with E-state index >= 15 is 0 Å². The van der Waals surface area contributed by atoms with Crippen molar-refractivity contribution >= 4 is 17.9 Å². The Hall–Kier alpha value is -3.81. The number of benzene rings is 2. The number of rotatable bonds is 4. The molecule has 1 aliphatic rings. The van der Waals surface area contributed by atoms with Gasteiger partial charge in [-0.3, -0.25) is 10.2 Å². The second-order valence-electron chi connectivity index (χ2n) is 9.65. The lowest BCUT2D eigenvalue weighted by Crippen LogP contribution is -2.45. The summed E-state index contributed by atoms with van der Waals surface area (Å²) in [6.45, 7) is 6.24. The number of nitrogens with zero attached hydrogens (tertiary/aromatic N) is 2. The molecule has 8 nitrogen and oxygen atoms in total. The molecule has 35 heavy (non-hydrogen) atoms. The molecule has 2 heterocycles. The summed E-state index contributed by atoms with van der Waals surface area (Å²) >= 11 is 0. The molecule has 4 rings (SSSR count). The summed E-state index contributed by atoms with van der Waals surface area (Å²) in [5, 5.41) is 2.64. The Morgan fingerprint density at radius 2 is 1.80 bits per heavy atom. The first-order valence-electron chi connectivity index (χ1n) is 11.8. The number of ether oxygens (including phenoxy) is 2. The normalized spacial score (nSPS) is 18.1. The van der Waals surface area contributed by atoms with Crippen molar-refractivity contribution in [1.29, 1.82) is 0 Å². The lowest BCUT2D eigenvalue weighted by molar-refractivity contribution is 0.00487. The predicted molar refractivity (Wildman–Crippen MR) is 134 cm³/mol. The van der Waals surface area contributed by atoms with Gasteiger partial charge in [0.15, 0.2) is 0 Å². The molecule has 2 atom stereocenters. The van der Waals surface area contributed by atoms with E-state index in [4.69, 9.17) is 9.72 Å². The van der Waals surface area contributed by atoms with E-state index in [0.29, 0.717) is 12.2 Å². The van der Waals surface area contributed by atoms with Crippen LogP contribution < -0.4 is 5.32 Å². The third kappa shape index (κ3) is 5.82. The number of amides is 2. The van der Waals surface area contributed by atoms with Crippen molar-refractivity contribution in [3.05, 3.63) is 72.2 Å². The van der Waals surface area contributed by atoms with Gasteiger partial charge in [-0.05, 0) is 56.9 Å². The summed E-state index contributed by atoms with van der Waals surface area (Å²) in [5.41, 5.74) is 2.95. The fourth-order valence-corrected chi connectivity index (χ4v) is 4.44. The minimum atomic E-state index is -0.588. The smallest absolute Gasteiger partial charge is 0.411 e. The highest BCUT2D eigenvalue weighted by molar-refractivity contribution is 5.84. The average molecular weight is 477 g/mol. The molecule has 8 heteroatoms. The molecule has 2 aromatic carbocycles. The molecular formula is C27H32N4O4. The quantitative estimate of drug-likeness (QED) is 0.473. The van der Waals surface area contributed by atoms with Crippen molar-refractivity contribution in [3.63, 3.8) is 0 Å². The van der Waals surface area contributed by atoms with Crippen LogP contribution in [0.3, 0.4) is 0 Å². The largest absolute Gasteiger partial charge is 0.453 e. The molecule has 1 fully saturated rings. The molecule has 1 saturated heterocycles. The SMILES string of the molecule is COC(=O)Nc1ccc(-c2cnc([C@@H]3[C@H](c4ccccc4)CCCN3C(=O)OC(C)(C)C)[nH]2)cc1. The second kappa shape index (κ2) is 10.2. The molecule has 0 bridgehead atoms. The third-order valence-corrected chi connectivity index (χ3v) is 5.99. The van der Waals surface area contributed by atoms with Crippen molar-refractivity contribution < 1.29 is 19.1 Å². The van der Waals surface area contributed by atoms with E-state index < -0.39 is 11.7 Å². The van der Waals surface area contributed by atoms with E-state index in [0.717, 1.165) is 29.9 Å². The van der Waals surface area contributed by atoms with Gasteiger partial charge in [0, 0.05) is 18.2 Å². The first-order valence-corrected chi connectivity index (χ1v) is 11.8. The lowest BCUT2D eigenvalue weighted by Gasteiger charge is -2.41. The zero-order chi connectivity index (χ0) is 25.0. The van der Waals surface area contributed by atoms with Crippen LogP contribution in [0.5, 0.6) is 0 Å². The number of carbonyl (C=O) groups excluding carboxylic acids is 2. The summed E-state index contributed by atoms with van der Waals surface area (Å²) in [4.78, 5) is 34.6. The van der Waals surface area contributed by atoms with Crippen molar-refractivity contribution in [2.45, 2.75) is 51.2 Å². The molecule has 2 N–H and O–H groups in total. The third-order valence-electron chi connectivity index (χ3n) is 5.99. The molecule has 0 unspecified atom stereocenters. The number of aromatic amines is 1. The van der Waals surface area contributed by atoms with Crippen LogP contribution in [0.1, 0.15) is 57.0 Å². The average Bonchev–Trinajstić information content (AvgIpc) is 3.33. The highest BCUT2D eigenvalue weighted by atomic mass is 16.6. The van der Waals surface area contributed by atoms with E-state index in [1.54, 1.807) is 23.2 Å². The van der Waals surface area contributed by atoms with E-state index in [1.165, 1.54) is 12.7 Å². The van der Waals surface area contributed by atoms with Gasteiger partial charge in [-0.1, -0.05) is 42.5 Å². The molecular weight excluding hydrogens is 444 g/mol. The molecule has 184 valence electrons. The van der Waals surface area contributed by atoms with Gasteiger partial charge in [-0.2, -0.15) is 0 Å². The topological polar surface area (TPSA) is 96.6 Å². The highest BCUT2D eigenvalue weighted by Crippen LogP contribution is 2.42. The molecule has 0 saturated carbocycles. The number of piperidine rings is 1. The van der Waals surface area contributed by atoms with Gasteiger partial charge in [0.1, 0.15) is 11.4 Å². The van der Waals surface area contributed by atoms with Crippen molar-refractivity contribution in [2.24, 2.45) is 0 Å². The van der Waals surface area contributed by atoms with Gasteiger partial charge < -0.3 is 14.5 Å². The van der Waals surface area contributed by atoms with Crippen molar-refractivity contribution in [3.8, 4) is 11.3 Å². The molecule has 1 aliphatic heterocycles. The number of carbonyl (C=O) groups is 2. The summed E-state index contributed by atoms with van der Waals surface area (Å²) in [6.07, 6.45) is 2.75. The minimum Gasteiger partial charge on any atom is -0.453 e. The van der Waals surface area contributed by atoms with E-state index in [1.807, 2.05) is 51.1 Å². The van der Waals surface area contributed by atoms with Crippen LogP contribution in [0.2, 0.25) is 0 Å². The van der Waals surface area contributed by atoms with Crippen LogP contribution >= 0.6 is 0 Å². The number of hydrogen-bond acceptors (Lipinski definition) is 5. The summed E-state index contributed by atoms with van der Waals surface area (Å²) < 4.78 is 10.4. The van der Waals surface area contributed by atoms with Gasteiger partial charge in [0.25, 0.3) is 0 Å². The number of anilines is 1. The fourth-order valence-electron chi connectivity index (χ4n) is 4.44. The number of aromatic nitrogens is 2. The maximum absolute atomic E-state index is 13.2. The first-order chi connectivity index (χ1) is 16.7. The number of methoxy groups -OCH3 is 1. The Morgan fingerprint density at radius 3 is 2.46 bits per heavy atom. The molecule has 1 aromatic heterocycles. The number of H-pyrrole nitrogens is 1. The maximum atomic E-state index is 13.2. The summed E-state index contributed by atoms with van der Waals surface area (Å²) in [7, 11) is 1.32. The van der Waals surface area contributed by atoms with E-state index in [9.17, 15) is 9.59 Å². The van der Waals surface area contributed by atoms with Crippen molar-refractivity contribution in [1.82, 2.24) is 14.9 Å². The molecule has 0 aliphatic carbocycles. The lowest BCUT2D eigenvalue weighted by atomic mass is 9.83. The molecule has 0 radical (unpaired) electrons. The predicted octanol–water partition coefficient (Wildman–Crippen LogP) is 6.11. The van der Waals surface area contributed by atoms with Crippen molar-refractivity contribution in [2.75, 3.05) is 19.0 Å². The van der Waals surface area contributed by atoms with Gasteiger partial charge in [-0.25, -0.2) is 14.6 Å². The number of imidazole rings is 1. The van der Waals surface area contributed by atoms with Gasteiger partial charge >= 0.3 is 12.2 Å². The van der Waals surface area contributed by atoms with Crippen LogP contribution in [-0.4, -0.2) is 46.3 Å². The summed E-state index contributed by atoms with van der Waals surface area (Å²) in [6, 6.07) is 17.4. The van der Waals surface area contributed by atoms with Gasteiger partial charge in [-0.15, -0.1) is 0 Å². The van der Waals surface area contributed by atoms with Crippen LogP contribution in [0.25, 0.3) is 11.3 Å². The Kier molecular flexibility index (Phi) is 7.10. The zero-order valence-electron chi connectivity index (χ0n) is 20.6. The standard InChI is InChI=1S/C27H32N4O4/c1-27(2,3)35-26(33)31-16-8-11-21(18-9-6-5-7-10-18)23(31)24-28-17-22(30-24)19-12-14-20(15-13-19)29-25(32)34-4/h5-7,9-10,12-15,17,21,23H,8,11,16H2,1-4H3,(H,28,30)(H,29,32)/t21-,23-/m0/s1. The molecule has 0 spiro atoms. The Labute approximate surface area is 205 Å². The number of hydrogen-bond donors (Lipinski definition) is 2. The molecule has 3 aromatic rings. The minimum absolute atomic E-state index is 0.0862. The van der Waals surface area contributed by atoms with Gasteiger partial charge in [0.2, 0.25) is 0 Å². The van der Waals surface area contributed by atoms with Crippen LogP contribution in [0.15, 0.2) is 60.8 Å². The number of likely N-dealkylation sites (tertiary alicyclic amines) is 1. The Morgan fingerprint density at radius 1 is 1.09 bits per heavy atom. The molecule has 2 amide bonds. The maximum Gasteiger partial charge on any atom is 0.411 e. The van der Waals surface area contributed by atoms with Crippen LogP contribution in [0.4, 0.5) is 15.3 Å². The van der Waals surface area contributed by atoms with E-state index in [2.05, 4.69) is 27.2 Å². The van der Waals surface area contributed by atoms with Gasteiger partial charge in [0.05, 0.1) is 25.0 Å². The Bertz CT molecular complexity index is 1150. The fraction of sp³-hybridized carbons (Fsp3) is 0.370. The monoisotopic (exact) mass is 476 g/mol. The summed E-state index contributed by atoms with van der Waals surface area (Å²) in [5.74, 6) is 0.805. The number of nitrogens with one attached hydrogen (secondary N) is 2.